The second-order valence-electron chi connectivity index (χ2n) is 10.2. The van der Waals surface area contributed by atoms with Gasteiger partial charge < -0.3 is 19.9 Å². The van der Waals surface area contributed by atoms with Crippen molar-refractivity contribution in [2.75, 3.05) is 5.32 Å². The average Bonchev–Trinajstić information content (AvgIpc) is 2.97. The van der Waals surface area contributed by atoms with Crippen LogP contribution in [0.5, 0.6) is 0 Å². The molecule has 0 aliphatic rings. The van der Waals surface area contributed by atoms with Gasteiger partial charge in [0.05, 0.1) is 21.2 Å². The molecular weight excluding hydrogens is 617 g/mol. The number of nitrogens with one attached hydrogen (secondary N) is 3. The number of benzene rings is 3. The number of carboxylic acids is 1. The maximum Gasteiger partial charge on any atom is 0.349 e. The van der Waals surface area contributed by atoms with Crippen LogP contribution in [-0.2, 0) is 23.9 Å². The summed E-state index contributed by atoms with van der Waals surface area (Å²) in [4.78, 5) is 75.9. The molecule has 230 valence electrons. The van der Waals surface area contributed by atoms with E-state index < -0.39 is 47.3 Å². The van der Waals surface area contributed by atoms with E-state index >= 15 is 0 Å². The highest BCUT2D eigenvalue weighted by Gasteiger charge is 2.41. The molecule has 0 fully saturated rings. The standard InChI is InChI=1S/C30H27Cl2N3O9/c1-30(2,3)29(42)33-17-14-12-16(13-15-17)24(36)34-35-25(37)22(43-27(40)18-8-4-6-10-20(18)31)23(26(38)39)44-28(41)19-9-5-7-11-21(19)32/h4-15,22-23H,1-3H3,(H,33,42)(H,34,36)(H,35,37)(H,38,39)/t22-,23-/m0/s1. The molecule has 0 radical (unpaired) electrons. The van der Waals surface area contributed by atoms with Crippen LogP contribution in [0.15, 0.2) is 72.8 Å². The number of carbonyl (C=O) groups excluding carboxylic acids is 5. The van der Waals surface area contributed by atoms with E-state index in [1.54, 1.807) is 20.8 Å². The third kappa shape index (κ3) is 8.79. The summed E-state index contributed by atoms with van der Waals surface area (Å²) in [6, 6.07) is 16.8. The number of esters is 2. The Morgan fingerprint density at radius 3 is 1.64 bits per heavy atom. The van der Waals surface area contributed by atoms with Crippen LogP contribution in [-0.4, -0.2) is 52.9 Å². The van der Waals surface area contributed by atoms with Gasteiger partial charge in [0.2, 0.25) is 18.1 Å². The number of halogens is 2. The predicted octanol–water partition coefficient (Wildman–Crippen LogP) is 4.27. The van der Waals surface area contributed by atoms with Crippen molar-refractivity contribution in [3.8, 4) is 0 Å². The SMILES string of the molecule is CC(C)(C)C(=O)Nc1ccc(C(=O)NNC(=O)[C@@H](OC(=O)c2ccccc2Cl)[C@H](OC(=O)c2ccccc2Cl)C(=O)O)cc1. The van der Waals surface area contributed by atoms with E-state index in [0.717, 1.165) is 0 Å². The molecule has 0 spiro atoms. The lowest BCUT2D eigenvalue weighted by Crippen LogP contribution is -2.54. The first-order valence-electron chi connectivity index (χ1n) is 12.8. The molecule has 0 bridgehead atoms. The lowest BCUT2D eigenvalue weighted by atomic mass is 9.95. The molecular formula is C30H27Cl2N3O9. The summed E-state index contributed by atoms with van der Waals surface area (Å²) in [6.07, 6.45) is -4.69. The van der Waals surface area contributed by atoms with Crippen molar-refractivity contribution in [2.45, 2.75) is 33.0 Å². The minimum Gasteiger partial charge on any atom is -0.478 e. The number of amides is 3. The van der Waals surface area contributed by atoms with E-state index in [2.05, 4.69) is 10.7 Å². The van der Waals surface area contributed by atoms with Gasteiger partial charge in [-0.2, -0.15) is 0 Å². The zero-order chi connectivity index (χ0) is 32.6. The number of hydrogen-bond donors (Lipinski definition) is 4. The van der Waals surface area contributed by atoms with Crippen LogP contribution in [0.3, 0.4) is 0 Å². The third-order valence-electron chi connectivity index (χ3n) is 5.82. The van der Waals surface area contributed by atoms with E-state index in [4.69, 9.17) is 32.7 Å². The Morgan fingerprint density at radius 2 is 1.18 bits per heavy atom. The molecule has 4 N–H and O–H groups in total. The molecule has 3 aromatic carbocycles. The smallest absolute Gasteiger partial charge is 0.349 e. The van der Waals surface area contributed by atoms with Crippen molar-refractivity contribution in [1.29, 1.82) is 0 Å². The summed E-state index contributed by atoms with van der Waals surface area (Å²) in [5.41, 5.74) is 3.44. The van der Waals surface area contributed by atoms with Crippen molar-refractivity contribution < 1.29 is 43.3 Å². The maximum atomic E-state index is 13.2. The molecule has 0 aliphatic heterocycles. The van der Waals surface area contributed by atoms with E-state index in [1.165, 1.54) is 72.8 Å². The lowest BCUT2D eigenvalue weighted by Gasteiger charge is -2.24. The summed E-state index contributed by atoms with van der Waals surface area (Å²) in [5.74, 6) is -6.73. The molecule has 0 aromatic heterocycles. The van der Waals surface area contributed by atoms with Crippen LogP contribution < -0.4 is 16.2 Å². The normalized spacial score (nSPS) is 12.2. The maximum absolute atomic E-state index is 13.2. The highest BCUT2D eigenvalue weighted by molar-refractivity contribution is 6.34. The summed E-state index contributed by atoms with van der Waals surface area (Å²) < 4.78 is 10.2. The monoisotopic (exact) mass is 643 g/mol. The van der Waals surface area contributed by atoms with Crippen LogP contribution in [0, 0.1) is 5.41 Å². The molecule has 3 aromatic rings. The minimum absolute atomic E-state index is 0.0450. The zero-order valence-electron chi connectivity index (χ0n) is 23.6. The van der Waals surface area contributed by atoms with Gasteiger partial charge in [0.1, 0.15) is 0 Å². The molecule has 0 unspecified atom stereocenters. The summed E-state index contributed by atoms with van der Waals surface area (Å²) in [7, 11) is 0. The lowest BCUT2D eigenvalue weighted by molar-refractivity contribution is -0.159. The Kier molecular flexibility index (Phi) is 11.1. The molecule has 14 heteroatoms. The highest BCUT2D eigenvalue weighted by atomic mass is 35.5. The summed E-state index contributed by atoms with van der Waals surface area (Å²) >= 11 is 12.0. The van der Waals surface area contributed by atoms with Gasteiger partial charge in [-0.15, -0.1) is 0 Å². The Hall–Kier alpha value is -4.94. The van der Waals surface area contributed by atoms with Crippen LogP contribution in [0.25, 0.3) is 0 Å². The number of rotatable bonds is 9. The summed E-state index contributed by atoms with van der Waals surface area (Å²) in [6.45, 7) is 5.20. The van der Waals surface area contributed by atoms with E-state index in [1.807, 2.05) is 5.43 Å². The molecule has 0 heterocycles. The van der Waals surface area contributed by atoms with Gasteiger partial charge in [-0.3, -0.25) is 25.2 Å². The molecule has 44 heavy (non-hydrogen) atoms. The fourth-order valence-corrected chi connectivity index (χ4v) is 3.82. The van der Waals surface area contributed by atoms with Gasteiger partial charge in [0, 0.05) is 16.7 Å². The molecule has 0 saturated carbocycles. The predicted molar refractivity (Wildman–Crippen MR) is 159 cm³/mol. The number of carboxylic acid groups (broad SMARTS) is 1. The van der Waals surface area contributed by atoms with Gasteiger partial charge >= 0.3 is 17.9 Å². The van der Waals surface area contributed by atoms with Crippen LogP contribution in [0.1, 0.15) is 51.8 Å². The molecule has 12 nitrogen and oxygen atoms in total. The Labute approximate surface area is 261 Å². The van der Waals surface area contributed by atoms with Crippen molar-refractivity contribution in [3.05, 3.63) is 99.5 Å². The number of carbonyl (C=O) groups is 6. The van der Waals surface area contributed by atoms with Crippen molar-refractivity contribution >= 4 is 64.5 Å². The molecule has 3 amide bonds. The molecule has 2 atom stereocenters. The van der Waals surface area contributed by atoms with Gasteiger partial charge in [0.15, 0.2) is 0 Å². The number of hydrazine groups is 1. The van der Waals surface area contributed by atoms with Gasteiger partial charge in [-0.05, 0) is 48.5 Å². The number of ether oxygens (including phenoxy) is 2. The van der Waals surface area contributed by atoms with Crippen LogP contribution in [0.2, 0.25) is 10.0 Å². The second-order valence-corrected chi connectivity index (χ2v) is 11.0. The second kappa shape index (κ2) is 14.5. The first kappa shape index (κ1) is 33.6. The van der Waals surface area contributed by atoms with Crippen molar-refractivity contribution in [3.63, 3.8) is 0 Å². The quantitative estimate of drug-likeness (QED) is 0.196. The van der Waals surface area contributed by atoms with Crippen molar-refractivity contribution in [2.24, 2.45) is 5.41 Å². The fraction of sp³-hybridized carbons (Fsp3) is 0.200. The van der Waals surface area contributed by atoms with Gasteiger partial charge in [-0.25, -0.2) is 14.4 Å². The Bertz CT molecular complexity index is 1590. The number of hydrogen-bond acceptors (Lipinski definition) is 8. The minimum atomic E-state index is -2.38. The first-order chi connectivity index (χ1) is 20.7. The zero-order valence-corrected chi connectivity index (χ0v) is 25.1. The molecule has 0 saturated heterocycles. The highest BCUT2D eigenvalue weighted by Crippen LogP contribution is 2.21. The molecule has 0 aliphatic carbocycles. The van der Waals surface area contributed by atoms with Gasteiger partial charge in [-0.1, -0.05) is 68.2 Å². The van der Waals surface area contributed by atoms with E-state index in [-0.39, 0.29) is 32.6 Å². The van der Waals surface area contributed by atoms with Gasteiger partial charge in [0.25, 0.3) is 11.8 Å². The fourth-order valence-electron chi connectivity index (χ4n) is 3.39. The molecule has 3 rings (SSSR count). The summed E-state index contributed by atoms with van der Waals surface area (Å²) in [5, 5.41) is 12.4. The van der Waals surface area contributed by atoms with Crippen LogP contribution in [0.4, 0.5) is 5.69 Å². The van der Waals surface area contributed by atoms with E-state index in [0.29, 0.717) is 5.69 Å². The largest absolute Gasteiger partial charge is 0.478 e. The topological polar surface area (TPSA) is 177 Å². The Morgan fingerprint density at radius 1 is 0.705 bits per heavy atom. The van der Waals surface area contributed by atoms with E-state index in [9.17, 15) is 33.9 Å². The van der Waals surface area contributed by atoms with Crippen LogP contribution >= 0.6 is 23.2 Å². The third-order valence-corrected chi connectivity index (χ3v) is 6.48. The number of anilines is 1. The number of aliphatic carboxylic acids is 1. The average molecular weight is 644 g/mol. The Balaban J connectivity index is 1.81. The first-order valence-corrected chi connectivity index (χ1v) is 13.6. The van der Waals surface area contributed by atoms with Crippen molar-refractivity contribution in [1.82, 2.24) is 10.9 Å².